The molecule has 1 aliphatic rings. The number of nitrogens with one attached hydrogen (secondary N) is 1. The molecule has 1 atom stereocenters. The second-order valence-electron chi connectivity index (χ2n) is 6.54. The Morgan fingerprint density at radius 3 is 2.70 bits per heavy atom. The van der Waals surface area contributed by atoms with Crippen molar-refractivity contribution >= 4 is 42.6 Å². The van der Waals surface area contributed by atoms with Crippen LogP contribution in [-0.2, 0) is 19.6 Å². The fourth-order valence-electron chi connectivity index (χ4n) is 3.09. The number of aromatic nitrogens is 1. The number of carbonyl (C=O) groups is 1. The van der Waals surface area contributed by atoms with Crippen LogP contribution in [0.15, 0.2) is 23.1 Å². The van der Waals surface area contributed by atoms with Gasteiger partial charge in [-0.15, -0.1) is 0 Å². The standard InChI is InChI=1S/C18H25N3O4S2/c1-3-9-21(10-4-2)27(23,24)13-7-8-14-16(12-13)26-18(19-14)20-17(22)15-6-5-11-25-15/h7-8,12,15H,3-6,9-11H2,1-2H3,(H,19,20,22). The molecule has 148 valence electrons. The number of benzene rings is 1. The van der Waals surface area contributed by atoms with Crippen molar-refractivity contribution in [3.05, 3.63) is 18.2 Å². The highest BCUT2D eigenvalue weighted by Gasteiger charge is 2.26. The molecule has 2 heterocycles. The Morgan fingerprint density at radius 1 is 1.33 bits per heavy atom. The predicted molar refractivity (Wildman–Crippen MR) is 107 cm³/mol. The van der Waals surface area contributed by atoms with E-state index in [-0.39, 0.29) is 10.8 Å². The topological polar surface area (TPSA) is 88.6 Å². The van der Waals surface area contributed by atoms with Crippen molar-refractivity contribution in [1.82, 2.24) is 9.29 Å². The number of hydrogen-bond acceptors (Lipinski definition) is 6. The highest BCUT2D eigenvalue weighted by Crippen LogP contribution is 2.30. The second-order valence-corrected chi connectivity index (χ2v) is 9.51. The molecule has 0 aliphatic carbocycles. The van der Waals surface area contributed by atoms with Crippen LogP contribution in [0, 0.1) is 0 Å². The fraction of sp³-hybridized carbons (Fsp3) is 0.556. The van der Waals surface area contributed by atoms with Gasteiger partial charge in [0.05, 0.1) is 15.1 Å². The zero-order valence-electron chi connectivity index (χ0n) is 15.6. The van der Waals surface area contributed by atoms with E-state index in [2.05, 4.69) is 10.3 Å². The van der Waals surface area contributed by atoms with Crippen LogP contribution in [0.4, 0.5) is 5.13 Å². The van der Waals surface area contributed by atoms with Gasteiger partial charge in [-0.1, -0.05) is 25.2 Å². The molecule has 1 amide bonds. The molecule has 1 N–H and O–H groups in total. The molecule has 2 aromatic rings. The number of ether oxygens (including phenoxy) is 1. The number of carbonyl (C=O) groups excluding carboxylic acids is 1. The molecule has 7 nitrogen and oxygen atoms in total. The van der Waals surface area contributed by atoms with Gasteiger partial charge < -0.3 is 4.74 Å². The number of amides is 1. The molecule has 3 rings (SSSR count). The van der Waals surface area contributed by atoms with Gasteiger partial charge in [-0.3, -0.25) is 10.1 Å². The summed E-state index contributed by atoms with van der Waals surface area (Å²) >= 11 is 1.27. The zero-order chi connectivity index (χ0) is 19.4. The number of anilines is 1. The maximum absolute atomic E-state index is 12.9. The minimum absolute atomic E-state index is 0.198. The first-order valence-corrected chi connectivity index (χ1v) is 11.5. The first-order chi connectivity index (χ1) is 13.0. The second kappa shape index (κ2) is 8.64. The normalized spacial score (nSPS) is 17.7. The molecule has 1 aromatic carbocycles. The minimum atomic E-state index is -3.54. The van der Waals surface area contributed by atoms with Crippen molar-refractivity contribution in [3.63, 3.8) is 0 Å². The summed E-state index contributed by atoms with van der Waals surface area (Å²) in [5.41, 5.74) is 0.666. The molecular formula is C18H25N3O4S2. The summed E-state index contributed by atoms with van der Waals surface area (Å²) in [7, 11) is -3.54. The molecule has 1 saturated heterocycles. The Kier molecular flexibility index (Phi) is 6.46. The molecule has 1 aliphatic heterocycles. The summed E-state index contributed by atoms with van der Waals surface area (Å²) in [6.45, 7) is 5.53. The first kappa shape index (κ1) is 20.2. The van der Waals surface area contributed by atoms with Gasteiger partial charge in [-0.25, -0.2) is 13.4 Å². The Bertz CT molecular complexity index is 898. The van der Waals surface area contributed by atoms with Crippen LogP contribution in [0.3, 0.4) is 0 Å². The molecule has 1 fully saturated rings. The summed E-state index contributed by atoms with van der Waals surface area (Å²) in [5, 5.41) is 3.24. The lowest BCUT2D eigenvalue weighted by atomic mass is 10.2. The third-order valence-electron chi connectivity index (χ3n) is 4.40. The van der Waals surface area contributed by atoms with Gasteiger partial charge in [-0.2, -0.15) is 4.31 Å². The Labute approximate surface area is 163 Å². The molecule has 9 heteroatoms. The largest absolute Gasteiger partial charge is 0.368 e. The zero-order valence-corrected chi connectivity index (χ0v) is 17.2. The molecular weight excluding hydrogens is 386 g/mol. The SMILES string of the molecule is CCCN(CCC)S(=O)(=O)c1ccc2nc(NC(=O)C3CCCO3)sc2c1. The molecule has 0 bridgehead atoms. The van der Waals surface area contributed by atoms with Gasteiger partial charge >= 0.3 is 0 Å². The lowest BCUT2D eigenvalue weighted by molar-refractivity contribution is -0.124. The van der Waals surface area contributed by atoms with Crippen LogP contribution in [0.1, 0.15) is 39.5 Å². The van der Waals surface area contributed by atoms with E-state index in [1.165, 1.54) is 15.6 Å². The molecule has 1 unspecified atom stereocenters. The van der Waals surface area contributed by atoms with E-state index < -0.39 is 16.1 Å². The maximum atomic E-state index is 12.9. The van der Waals surface area contributed by atoms with E-state index in [0.29, 0.717) is 36.8 Å². The van der Waals surface area contributed by atoms with E-state index in [1.54, 1.807) is 18.2 Å². The Morgan fingerprint density at radius 2 is 2.07 bits per heavy atom. The number of sulfonamides is 1. The summed E-state index contributed by atoms with van der Waals surface area (Å²) in [5.74, 6) is -0.198. The molecule has 27 heavy (non-hydrogen) atoms. The average Bonchev–Trinajstić information content (AvgIpc) is 3.30. The van der Waals surface area contributed by atoms with Gasteiger partial charge in [0.15, 0.2) is 5.13 Å². The maximum Gasteiger partial charge on any atom is 0.255 e. The van der Waals surface area contributed by atoms with Crippen LogP contribution < -0.4 is 5.32 Å². The summed E-state index contributed by atoms with van der Waals surface area (Å²) in [6, 6.07) is 4.92. The van der Waals surface area contributed by atoms with E-state index in [1.807, 2.05) is 13.8 Å². The molecule has 0 spiro atoms. The highest BCUT2D eigenvalue weighted by atomic mass is 32.2. The monoisotopic (exact) mass is 411 g/mol. The van der Waals surface area contributed by atoms with Crippen molar-refractivity contribution in [2.75, 3.05) is 25.0 Å². The van der Waals surface area contributed by atoms with E-state index in [0.717, 1.165) is 24.0 Å². The quantitative estimate of drug-likeness (QED) is 0.720. The third kappa shape index (κ3) is 4.48. The summed E-state index contributed by atoms with van der Waals surface area (Å²) in [4.78, 5) is 16.8. The summed E-state index contributed by atoms with van der Waals surface area (Å²) < 4.78 is 33.5. The number of nitrogens with zero attached hydrogens (tertiary/aromatic N) is 2. The Balaban J connectivity index is 1.83. The van der Waals surface area contributed by atoms with Crippen LogP contribution >= 0.6 is 11.3 Å². The van der Waals surface area contributed by atoms with Crippen molar-refractivity contribution in [3.8, 4) is 0 Å². The fourth-order valence-corrected chi connectivity index (χ4v) is 5.72. The van der Waals surface area contributed by atoms with Gasteiger partial charge in [0.2, 0.25) is 10.0 Å². The average molecular weight is 412 g/mol. The van der Waals surface area contributed by atoms with Gasteiger partial charge in [0.25, 0.3) is 5.91 Å². The number of fused-ring (bicyclic) bond motifs is 1. The smallest absolute Gasteiger partial charge is 0.255 e. The van der Waals surface area contributed by atoms with Crippen LogP contribution in [0.2, 0.25) is 0 Å². The van der Waals surface area contributed by atoms with E-state index in [9.17, 15) is 13.2 Å². The molecule has 0 saturated carbocycles. The third-order valence-corrected chi connectivity index (χ3v) is 7.22. The predicted octanol–water partition coefficient (Wildman–Crippen LogP) is 3.22. The van der Waals surface area contributed by atoms with Crippen molar-refractivity contribution in [2.24, 2.45) is 0 Å². The number of hydrogen-bond donors (Lipinski definition) is 1. The lowest BCUT2D eigenvalue weighted by Crippen LogP contribution is -2.32. The van der Waals surface area contributed by atoms with Crippen LogP contribution in [-0.4, -0.2) is 49.4 Å². The Hall–Kier alpha value is -1.55. The minimum Gasteiger partial charge on any atom is -0.368 e. The molecule has 0 radical (unpaired) electrons. The van der Waals surface area contributed by atoms with E-state index >= 15 is 0 Å². The number of rotatable bonds is 8. The number of thiazole rings is 1. The molecule has 1 aromatic heterocycles. The van der Waals surface area contributed by atoms with Crippen molar-refractivity contribution < 1.29 is 17.9 Å². The van der Waals surface area contributed by atoms with Crippen molar-refractivity contribution in [2.45, 2.75) is 50.5 Å². The van der Waals surface area contributed by atoms with Crippen LogP contribution in [0.5, 0.6) is 0 Å². The van der Waals surface area contributed by atoms with Gasteiger partial charge in [-0.05, 0) is 43.9 Å². The van der Waals surface area contributed by atoms with E-state index in [4.69, 9.17) is 4.74 Å². The van der Waals surface area contributed by atoms with Crippen LogP contribution in [0.25, 0.3) is 10.2 Å². The lowest BCUT2D eigenvalue weighted by Gasteiger charge is -2.20. The van der Waals surface area contributed by atoms with Gasteiger partial charge in [0.1, 0.15) is 6.10 Å². The first-order valence-electron chi connectivity index (χ1n) is 9.29. The summed E-state index contributed by atoms with van der Waals surface area (Å²) in [6.07, 6.45) is 2.70. The van der Waals surface area contributed by atoms with Gasteiger partial charge in [0, 0.05) is 19.7 Å². The van der Waals surface area contributed by atoms with Crippen molar-refractivity contribution in [1.29, 1.82) is 0 Å². The highest BCUT2D eigenvalue weighted by molar-refractivity contribution is 7.89.